The Morgan fingerprint density at radius 3 is 2.95 bits per heavy atom. The maximum Gasteiger partial charge on any atom is 0.280 e. The summed E-state index contributed by atoms with van der Waals surface area (Å²) in [7, 11) is -0.714. The zero-order valence-electron chi connectivity index (χ0n) is 12.8. The van der Waals surface area contributed by atoms with Crippen molar-refractivity contribution in [2.24, 2.45) is 0 Å². The van der Waals surface area contributed by atoms with Gasteiger partial charge in [0.2, 0.25) is 5.91 Å². The molecule has 1 saturated heterocycles. The lowest BCUT2D eigenvalue weighted by Crippen LogP contribution is -2.58. The zero-order chi connectivity index (χ0) is 16.3. The van der Waals surface area contributed by atoms with Gasteiger partial charge in [-0.2, -0.15) is 17.4 Å². The number of methoxy groups -OCH3 is 1. The molecule has 7 nitrogen and oxygen atoms in total. The molecule has 0 aliphatic carbocycles. The van der Waals surface area contributed by atoms with Crippen LogP contribution in [0.5, 0.6) is 0 Å². The van der Waals surface area contributed by atoms with Crippen LogP contribution in [0.1, 0.15) is 24.3 Å². The van der Waals surface area contributed by atoms with Crippen molar-refractivity contribution in [3.63, 3.8) is 0 Å². The number of thiophene rings is 1. The fourth-order valence-electron chi connectivity index (χ4n) is 2.42. The van der Waals surface area contributed by atoms with Crippen molar-refractivity contribution in [2.75, 3.05) is 20.8 Å². The number of hydrogen-bond acceptors (Lipinski definition) is 5. The molecule has 0 radical (unpaired) electrons. The average Bonchev–Trinajstić information content (AvgIpc) is 2.95. The molecule has 0 aromatic carbocycles. The third-order valence-corrected chi connectivity index (χ3v) is 6.14. The van der Waals surface area contributed by atoms with E-state index in [2.05, 4.69) is 10.0 Å². The lowest BCUT2D eigenvalue weighted by Gasteiger charge is -2.36. The van der Waals surface area contributed by atoms with Gasteiger partial charge >= 0.3 is 0 Å². The highest BCUT2D eigenvalue weighted by atomic mass is 32.2. The van der Waals surface area contributed by atoms with Crippen LogP contribution in [0.3, 0.4) is 0 Å². The molecule has 0 unspecified atom stereocenters. The lowest BCUT2D eigenvalue weighted by atomic mass is 10.1. The molecule has 1 aromatic heterocycles. The van der Waals surface area contributed by atoms with Crippen molar-refractivity contribution in [1.82, 2.24) is 14.3 Å². The Balaban J connectivity index is 2.16. The molecule has 9 heteroatoms. The van der Waals surface area contributed by atoms with Crippen LogP contribution in [0.25, 0.3) is 0 Å². The fraction of sp³-hybridized carbons (Fsp3) is 0.615. The van der Waals surface area contributed by atoms with E-state index in [-0.39, 0.29) is 18.0 Å². The summed E-state index contributed by atoms with van der Waals surface area (Å²) in [4.78, 5) is 13.3. The second-order valence-electron chi connectivity index (χ2n) is 5.32. The summed E-state index contributed by atoms with van der Waals surface area (Å²) in [5, 5.41) is 4.68. The molecule has 0 saturated carbocycles. The number of carbonyl (C=O) groups is 1. The van der Waals surface area contributed by atoms with Gasteiger partial charge in [0, 0.05) is 25.1 Å². The summed E-state index contributed by atoms with van der Waals surface area (Å²) in [5.41, 5.74) is 0. The highest BCUT2D eigenvalue weighted by molar-refractivity contribution is 7.87. The summed E-state index contributed by atoms with van der Waals surface area (Å²) in [5.74, 6) is -0.307. The Labute approximate surface area is 134 Å². The number of amides is 1. The van der Waals surface area contributed by atoms with E-state index in [4.69, 9.17) is 4.74 Å². The number of nitrogens with zero attached hydrogens (tertiary/aromatic N) is 1. The van der Waals surface area contributed by atoms with Crippen molar-refractivity contribution >= 4 is 27.5 Å². The summed E-state index contributed by atoms with van der Waals surface area (Å²) in [6.45, 7) is 2.19. The maximum atomic E-state index is 12.4. The van der Waals surface area contributed by atoms with E-state index in [0.717, 1.165) is 9.18 Å². The monoisotopic (exact) mass is 347 g/mol. The minimum atomic E-state index is -3.68. The van der Waals surface area contributed by atoms with Gasteiger partial charge in [-0.25, -0.2) is 0 Å². The topological polar surface area (TPSA) is 87.7 Å². The predicted octanol–water partition coefficient (Wildman–Crippen LogP) is 0.479. The molecule has 2 heterocycles. The molecular weight excluding hydrogens is 326 g/mol. The first-order chi connectivity index (χ1) is 10.3. The first kappa shape index (κ1) is 17.4. The number of nitrogens with one attached hydrogen (secondary N) is 2. The Kier molecular flexibility index (Phi) is 5.56. The van der Waals surface area contributed by atoms with Crippen LogP contribution in [0.2, 0.25) is 0 Å². The summed E-state index contributed by atoms with van der Waals surface area (Å²) in [6.07, 6.45) is 0.391. The quantitative estimate of drug-likeness (QED) is 0.811. The molecule has 2 N–H and O–H groups in total. The van der Waals surface area contributed by atoms with Crippen molar-refractivity contribution < 1.29 is 17.9 Å². The van der Waals surface area contributed by atoms with Gasteiger partial charge in [0.05, 0.1) is 12.6 Å². The van der Waals surface area contributed by atoms with Gasteiger partial charge in [0.25, 0.3) is 10.2 Å². The summed E-state index contributed by atoms with van der Waals surface area (Å²) < 4.78 is 33.1. The van der Waals surface area contributed by atoms with Crippen LogP contribution in [-0.4, -0.2) is 51.5 Å². The molecule has 1 fully saturated rings. The largest absolute Gasteiger partial charge is 0.383 e. The molecule has 124 valence electrons. The highest BCUT2D eigenvalue weighted by Gasteiger charge is 2.41. The fourth-order valence-corrected chi connectivity index (χ4v) is 4.55. The average molecular weight is 347 g/mol. The third kappa shape index (κ3) is 3.85. The van der Waals surface area contributed by atoms with Crippen LogP contribution < -0.4 is 10.0 Å². The molecule has 22 heavy (non-hydrogen) atoms. The Morgan fingerprint density at radius 2 is 2.36 bits per heavy atom. The van der Waals surface area contributed by atoms with Gasteiger partial charge in [0.1, 0.15) is 6.04 Å². The Bertz CT molecular complexity index is 603. The summed E-state index contributed by atoms with van der Waals surface area (Å²) >= 11 is 1.47. The molecule has 2 rings (SSSR count). The van der Waals surface area contributed by atoms with E-state index in [1.54, 1.807) is 7.11 Å². The minimum Gasteiger partial charge on any atom is -0.383 e. The standard InChI is InChI=1S/C13H21N3O4S2/c1-9(8-20-3)14-13(17)11-7-10(12-5-4-6-21-12)15-22(18,19)16(11)2/h4-6,9-11,15H,7-8H2,1-3H3,(H,14,17)/t9-,10-,11+/m0/s1. The van der Waals surface area contributed by atoms with Gasteiger partial charge in [-0.3, -0.25) is 4.79 Å². The second-order valence-corrected chi connectivity index (χ2v) is 8.06. The molecule has 0 bridgehead atoms. The van der Waals surface area contributed by atoms with Crippen LogP contribution >= 0.6 is 11.3 Å². The van der Waals surface area contributed by atoms with Gasteiger partial charge < -0.3 is 10.1 Å². The number of likely N-dealkylation sites (N-methyl/N-ethyl adjacent to an activating group) is 1. The van der Waals surface area contributed by atoms with Gasteiger partial charge in [-0.05, 0) is 24.8 Å². The second kappa shape index (κ2) is 7.05. The first-order valence-electron chi connectivity index (χ1n) is 6.93. The molecule has 1 aromatic rings. The molecule has 0 spiro atoms. The minimum absolute atomic E-state index is 0.177. The summed E-state index contributed by atoms with van der Waals surface area (Å²) in [6, 6.07) is 2.43. The zero-order valence-corrected chi connectivity index (χ0v) is 14.4. The molecule has 3 atom stereocenters. The molecular formula is C13H21N3O4S2. The molecule has 1 amide bonds. The van der Waals surface area contributed by atoms with Gasteiger partial charge in [0.15, 0.2) is 0 Å². The first-order valence-corrected chi connectivity index (χ1v) is 9.25. The lowest BCUT2D eigenvalue weighted by molar-refractivity contribution is -0.126. The maximum absolute atomic E-state index is 12.4. The van der Waals surface area contributed by atoms with Crippen molar-refractivity contribution in [3.05, 3.63) is 22.4 Å². The number of ether oxygens (including phenoxy) is 1. The van der Waals surface area contributed by atoms with E-state index >= 15 is 0 Å². The number of rotatable bonds is 5. The normalized spacial score (nSPS) is 26.5. The van der Waals surface area contributed by atoms with Crippen LogP contribution in [0, 0.1) is 0 Å². The predicted molar refractivity (Wildman–Crippen MR) is 84.8 cm³/mol. The van der Waals surface area contributed by atoms with E-state index in [0.29, 0.717) is 13.0 Å². The van der Waals surface area contributed by atoms with Crippen molar-refractivity contribution in [1.29, 1.82) is 0 Å². The molecule has 1 aliphatic heterocycles. The van der Waals surface area contributed by atoms with Crippen LogP contribution in [-0.2, 0) is 19.7 Å². The highest BCUT2D eigenvalue weighted by Crippen LogP contribution is 2.30. The SMILES string of the molecule is COC[C@H](C)NC(=O)[C@H]1C[C@@H](c2cccs2)NS(=O)(=O)N1C. The van der Waals surface area contributed by atoms with Crippen molar-refractivity contribution in [2.45, 2.75) is 31.5 Å². The van der Waals surface area contributed by atoms with E-state index in [1.807, 2.05) is 24.4 Å². The van der Waals surface area contributed by atoms with Crippen LogP contribution in [0.15, 0.2) is 17.5 Å². The Morgan fingerprint density at radius 1 is 1.64 bits per heavy atom. The van der Waals surface area contributed by atoms with E-state index in [1.165, 1.54) is 18.4 Å². The molecule has 1 aliphatic rings. The number of hydrogen-bond donors (Lipinski definition) is 2. The Hall–Kier alpha value is -1.00. The smallest absolute Gasteiger partial charge is 0.280 e. The van der Waals surface area contributed by atoms with Gasteiger partial charge in [-0.15, -0.1) is 11.3 Å². The van der Waals surface area contributed by atoms with Crippen molar-refractivity contribution in [3.8, 4) is 0 Å². The van der Waals surface area contributed by atoms with Gasteiger partial charge in [-0.1, -0.05) is 6.07 Å². The van der Waals surface area contributed by atoms with Crippen LogP contribution in [0.4, 0.5) is 0 Å². The van der Waals surface area contributed by atoms with E-state index < -0.39 is 16.3 Å². The third-order valence-electron chi connectivity index (χ3n) is 3.56. The number of carbonyl (C=O) groups excluding carboxylic acids is 1. The van der Waals surface area contributed by atoms with E-state index in [9.17, 15) is 13.2 Å².